The zero-order valence-corrected chi connectivity index (χ0v) is 20.4. The summed E-state index contributed by atoms with van der Waals surface area (Å²) in [7, 11) is 0. The van der Waals surface area contributed by atoms with Gasteiger partial charge in [0.15, 0.2) is 0 Å². The summed E-state index contributed by atoms with van der Waals surface area (Å²) in [6.45, 7) is 12.2. The summed E-state index contributed by atoms with van der Waals surface area (Å²) in [4.78, 5) is 22.5. The number of nitrogens with one attached hydrogen (secondary N) is 1. The smallest absolute Gasteiger partial charge is 0.227 e. The first-order chi connectivity index (χ1) is 14.8. The molecule has 0 fully saturated rings. The largest absolute Gasteiger partial charge is 0.369 e. The summed E-state index contributed by atoms with van der Waals surface area (Å²) < 4.78 is 1.18. The monoisotopic (exact) mass is 456 g/mol. The standard InChI is InChI=1S/C24H32N4OS2/c1-14(2)11-26-12-17(23(25)29)22-21(24-27-18-7-5-6-8-19(18)31-24)16-9-10-28(15(3)4)13-20(16)30-22/h5-8,14-15,17,26H,9-13H2,1-4H3,(H2,25,29). The molecule has 0 spiro atoms. The van der Waals surface area contributed by atoms with E-state index in [9.17, 15) is 4.79 Å². The van der Waals surface area contributed by atoms with Gasteiger partial charge < -0.3 is 11.1 Å². The Bertz CT molecular complexity index is 1040. The van der Waals surface area contributed by atoms with Gasteiger partial charge in [0.25, 0.3) is 0 Å². The number of nitrogens with two attached hydrogens (primary N) is 1. The Morgan fingerprint density at radius 1 is 1.19 bits per heavy atom. The van der Waals surface area contributed by atoms with Gasteiger partial charge in [-0.05, 0) is 50.4 Å². The minimum atomic E-state index is -0.344. The highest BCUT2D eigenvalue weighted by molar-refractivity contribution is 7.22. The molecule has 3 heterocycles. The quantitative estimate of drug-likeness (QED) is 0.519. The van der Waals surface area contributed by atoms with Crippen molar-refractivity contribution in [3.05, 3.63) is 39.6 Å². The van der Waals surface area contributed by atoms with Crippen LogP contribution in [0.2, 0.25) is 0 Å². The van der Waals surface area contributed by atoms with Crippen molar-refractivity contribution in [3.8, 4) is 10.6 Å². The van der Waals surface area contributed by atoms with E-state index in [1.54, 1.807) is 22.7 Å². The van der Waals surface area contributed by atoms with Crippen LogP contribution in [0.25, 0.3) is 20.8 Å². The van der Waals surface area contributed by atoms with Crippen LogP contribution in [0, 0.1) is 5.92 Å². The second-order valence-corrected chi connectivity index (χ2v) is 11.2. The van der Waals surface area contributed by atoms with Gasteiger partial charge in [-0.2, -0.15) is 0 Å². The van der Waals surface area contributed by atoms with Crippen LogP contribution >= 0.6 is 22.7 Å². The number of carbonyl (C=O) groups is 1. The minimum Gasteiger partial charge on any atom is -0.369 e. The first kappa shape index (κ1) is 22.4. The highest BCUT2D eigenvalue weighted by Crippen LogP contribution is 2.45. The number of amides is 1. The number of carbonyl (C=O) groups excluding carboxylic acids is 1. The Hall–Kier alpha value is -1.80. The van der Waals surface area contributed by atoms with Gasteiger partial charge in [-0.25, -0.2) is 4.98 Å². The number of aromatic nitrogens is 1. The highest BCUT2D eigenvalue weighted by atomic mass is 32.1. The van der Waals surface area contributed by atoms with E-state index in [1.165, 1.54) is 20.7 Å². The number of fused-ring (bicyclic) bond motifs is 2. The molecule has 0 radical (unpaired) electrons. The summed E-state index contributed by atoms with van der Waals surface area (Å²) in [5.41, 5.74) is 9.49. The van der Waals surface area contributed by atoms with E-state index in [4.69, 9.17) is 10.7 Å². The van der Waals surface area contributed by atoms with Crippen molar-refractivity contribution < 1.29 is 4.79 Å². The van der Waals surface area contributed by atoms with Crippen molar-refractivity contribution >= 4 is 38.8 Å². The molecule has 0 aliphatic carbocycles. The van der Waals surface area contributed by atoms with Crippen LogP contribution in [0.3, 0.4) is 0 Å². The molecule has 1 aliphatic rings. The van der Waals surface area contributed by atoms with Gasteiger partial charge in [0, 0.05) is 41.0 Å². The fraction of sp³-hybridized carbons (Fsp3) is 0.500. The molecule has 7 heteroatoms. The van der Waals surface area contributed by atoms with Gasteiger partial charge in [0.05, 0.1) is 16.1 Å². The molecule has 5 nitrogen and oxygen atoms in total. The molecule has 2 aromatic heterocycles. The Morgan fingerprint density at radius 2 is 1.97 bits per heavy atom. The number of hydrogen-bond donors (Lipinski definition) is 2. The molecule has 1 atom stereocenters. The third-order valence-electron chi connectivity index (χ3n) is 5.91. The van der Waals surface area contributed by atoms with Crippen molar-refractivity contribution in [2.24, 2.45) is 11.7 Å². The molecular weight excluding hydrogens is 424 g/mol. The van der Waals surface area contributed by atoms with Crippen molar-refractivity contribution in [1.82, 2.24) is 15.2 Å². The van der Waals surface area contributed by atoms with Gasteiger partial charge in [-0.3, -0.25) is 9.69 Å². The van der Waals surface area contributed by atoms with E-state index >= 15 is 0 Å². The molecule has 1 amide bonds. The van der Waals surface area contributed by atoms with Crippen LogP contribution in [0.4, 0.5) is 0 Å². The fourth-order valence-corrected chi connectivity index (χ4v) is 6.79. The zero-order valence-electron chi connectivity index (χ0n) is 18.8. The maximum Gasteiger partial charge on any atom is 0.227 e. The van der Waals surface area contributed by atoms with Gasteiger partial charge in [-0.1, -0.05) is 26.0 Å². The minimum absolute atomic E-state index is 0.266. The van der Waals surface area contributed by atoms with E-state index in [-0.39, 0.29) is 11.8 Å². The van der Waals surface area contributed by atoms with Gasteiger partial charge in [-0.15, -0.1) is 22.7 Å². The molecule has 1 aliphatic heterocycles. The second-order valence-electron chi connectivity index (χ2n) is 9.05. The third-order valence-corrected chi connectivity index (χ3v) is 8.30. The summed E-state index contributed by atoms with van der Waals surface area (Å²) in [5, 5.41) is 4.47. The lowest BCUT2D eigenvalue weighted by Crippen LogP contribution is -2.35. The van der Waals surface area contributed by atoms with Crippen LogP contribution in [0.1, 0.15) is 48.9 Å². The lowest BCUT2D eigenvalue weighted by molar-refractivity contribution is -0.119. The number of primary amides is 1. The molecule has 0 saturated carbocycles. The molecule has 1 aromatic carbocycles. The topological polar surface area (TPSA) is 71.2 Å². The number of para-hydroxylation sites is 1. The lowest BCUT2D eigenvalue weighted by Gasteiger charge is -2.30. The maximum atomic E-state index is 12.6. The summed E-state index contributed by atoms with van der Waals surface area (Å²) in [5.74, 6) is -0.0878. The van der Waals surface area contributed by atoms with Crippen molar-refractivity contribution in [1.29, 1.82) is 0 Å². The van der Waals surface area contributed by atoms with E-state index in [0.29, 0.717) is 18.5 Å². The average Bonchev–Trinajstić information content (AvgIpc) is 3.30. The summed E-state index contributed by atoms with van der Waals surface area (Å²) in [6.07, 6.45) is 0.986. The summed E-state index contributed by atoms with van der Waals surface area (Å²) >= 11 is 3.48. The normalized spacial score (nSPS) is 15.7. The first-order valence-corrected chi connectivity index (χ1v) is 12.7. The fourth-order valence-electron chi connectivity index (χ4n) is 4.18. The maximum absolute atomic E-state index is 12.6. The van der Waals surface area contributed by atoms with Crippen LogP contribution in [-0.2, 0) is 17.8 Å². The Labute approximate surface area is 192 Å². The van der Waals surface area contributed by atoms with E-state index in [1.807, 2.05) is 6.07 Å². The number of thiophene rings is 1. The predicted molar refractivity (Wildman–Crippen MR) is 132 cm³/mol. The van der Waals surface area contributed by atoms with E-state index < -0.39 is 0 Å². The Balaban J connectivity index is 1.80. The molecule has 3 aromatic rings. The highest BCUT2D eigenvalue weighted by Gasteiger charge is 2.32. The van der Waals surface area contributed by atoms with Gasteiger partial charge >= 0.3 is 0 Å². The van der Waals surface area contributed by atoms with E-state index in [0.717, 1.165) is 41.5 Å². The third kappa shape index (κ3) is 4.70. The second kappa shape index (κ2) is 9.36. The van der Waals surface area contributed by atoms with Crippen LogP contribution in [0.5, 0.6) is 0 Å². The molecule has 166 valence electrons. The van der Waals surface area contributed by atoms with E-state index in [2.05, 4.69) is 56.1 Å². The average molecular weight is 457 g/mol. The molecule has 1 unspecified atom stereocenters. The number of hydrogen-bond acceptors (Lipinski definition) is 6. The van der Waals surface area contributed by atoms with Gasteiger partial charge in [0.1, 0.15) is 5.01 Å². The van der Waals surface area contributed by atoms with Gasteiger partial charge in [0.2, 0.25) is 5.91 Å². The zero-order chi connectivity index (χ0) is 22.1. The Morgan fingerprint density at radius 3 is 2.65 bits per heavy atom. The van der Waals surface area contributed by atoms with Crippen LogP contribution in [-0.4, -0.2) is 41.5 Å². The predicted octanol–water partition coefficient (Wildman–Crippen LogP) is 4.61. The molecule has 4 rings (SSSR count). The molecule has 0 bridgehead atoms. The number of benzene rings is 1. The number of thiazole rings is 1. The number of nitrogens with zero attached hydrogens (tertiary/aromatic N) is 2. The SMILES string of the molecule is CC(C)CNCC(C(N)=O)c1sc2c(c1-c1nc3ccccc3s1)CCN(C(C)C)C2. The number of rotatable bonds is 8. The van der Waals surface area contributed by atoms with Crippen LogP contribution < -0.4 is 11.1 Å². The summed E-state index contributed by atoms with van der Waals surface area (Å²) in [6, 6.07) is 8.76. The van der Waals surface area contributed by atoms with Crippen molar-refractivity contribution in [2.75, 3.05) is 19.6 Å². The molecular formula is C24H32N4OS2. The lowest BCUT2D eigenvalue weighted by atomic mass is 9.96. The molecule has 3 N–H and O–H groups in total. The molecule has 31 heavy (non-hydrogen) atoms. The Kier molecular flexibility index (Phi) is 6.77. The van der Waals surface area contributed by atoms with Crippen LogP contribution in [0.15, 0.2) is 24.3 Å². The molecule has 0 saturated heterocycles. The van der Waals surface area contributed by atoms with Crippen molar-refractivity contribution in [2.45, 2.75) is 52.6 Å². The first-order valence-electron chi connectivity index (χ1n) is 11.1. The van der Waals surface area contributed by atoms with Crippen molar-refractivity contribution in [3.63, 3.8) is 0 Å².